The predicted molar refractivity (Wildman–Crippen MR) is 76.7 cm³/mol. The van der Waals surface area contributed by atoms with E-state index >= 15 is 0 Å². The van der Waals surface area contributed by atoms with Gasteiger partial charge in [0.05, 0.1) is 6.61 Å². The van der Waals surface area contributed by atoms with Crippen LogP contribution in [0.25, 0.3) is 0 Å². The number of amides is 1. The fourth-order valence-electron chi connectivity index (χ4n) is 1.59. The molecule has 108 valence electrons. The van der Waals surface area contributed by atoms with Crippen molar-refractivity contribution in [3.05, 3.63) is 5.01 Å². The predicted octanol–water partition coefficient (Wildman–Crippen LogP) is 1.86. The average Bonchev–Trinajstić information content (AvgIpc) is 2.87. The minimum Gasteiger partial charge on any atom is -0.383 e. The van der Waals surface area contributed by atoms with E-state index in [1.165, 1.54) is 11.3 Å². The zero-order valence-electron chi connectivity index (χ0n) is 12.0. The van der Waals surface area contributed by atoms with E-state index in [-0.39, 0.29) is 11.9 Å². The molecule has 6 nitrogen and oxygen atoms in total. The van der Waals surface area contributed by atoms with Crippen molar-refractivity contribution in [1.29, 1.82) is 0 Å². The smallest absolute Gasteiger partial charge is 0.285 e. The fraction of sp³-hybridized carbons (Fsp3) is 0.750. The molecule has 1 aromatic heterocycles. The molecule has 19 heavy (non-hydrogen) atoms. The van der Waals surface area contributed by atoms with Crippen LogP contribution >= 0.6 is 11.3 Å². The number of anilines is 1. The highest BCUT2D eigenvalue weighted by Gasteiger charge is 2.23. The van der Waals surface area contributed by atoms with Gasteiger partial charge in [0.15, 0.2) is 0 Å². The first-order chi connectivity index (χ1) is 9.13. The topological polar surface area (TPSA) is 67.4 Å². The first-order valence-corrected chi connectivity index (χ1v) is 7.32. The number of nitrogens with zero attached hydrogens (tertiary/aromatic N) is 3. The van der Waals surface area contributed by atoms with Gasteiger partial charge in [0.2, 0.25) is 10.1 Å². The van der Waals surface area contributed by atoms with E-state index in [4.69, 9.17) is 4.74 Å². The molecule has 0 aliphatic rings. The SMILES string of the molecule is CCNc1nnc(C(=O)N(CCOC)C(C)CC)s1. The van der Waals surface area contributed by atoms with Gasteiger partial charge in [-0.05, 0) is 20.3 Å². The summed E-state index contributed by atoms with van der Waals surface area (Å²) in [6, 6.07) is 0.161. The van der Waals surface area contributed by atoms with E-state index in [0.717, 1.165) is 13.0 Å². The number of hydrogen-bond acceptors (Lipinski definition) is 6. The van der Waals surface area contributed by atoms with E-state index in [9.17, 15) is 4.79 Å². The van der Waals surface area contributed by atoms with Crippen molar-refractivity contribution in [3.63, 3.8) is 0 Å². The third-order valence-electron chi connectivity index (χ3n) is 2.86. The summed E-state index contributed by atoms with van der Waals surface area (Å²) in [5, 5.41) is 12.1. The Labute approximate surface area is 118 Å². The van der Waals surface area contributed by atoms with Crippen LogP contribution in [0.3, 0.4) is 0 Å². The van der Waals surface area contributed by atoms with Crippen molar-refractivity contribution in [2.45, 2.75) is 33.2 Å². The maximum Gasteiger partial charge on any atom is 0.285 e. The molecule has 0 saturated heterocycles. The van der Waals surface area contributed by atoms with Gasteiger partial charge in [0, 0.05) is 26.2 Å². The van der Waals surface area contributed by atoms with Gasteiger partial charge < -0.3 is 15.0 Å². The Hall–Kier alpha value is -1.21. The third-order valence-corrected chi connectivity index (χ3v) is 3.72. The molecular formula is C12H22N4O2S. The lowest BCUT2D eigenvalue weighted by molar-refractivity contribution is 0.0612. The minimum absolute atomic E-state index is 0.0759. The molecule has 7 heteroatoms. The summed E-state index contributed by atoms with van der Waals surface area (Å²) in [6.07, 6.45) is 0.897. The van der Waals surface area contributed by atoms with Crippen LogP contribution in [0.2, 0.25) is 0 Å². The summed E-state index contributed by atoms with van der Waals surface area (Å²) in [5.74, 6) is -0.0759. The molecule has 1 unspecified atom stereocenters. The van der Waals surface area contributed by atoms with E-state index in [1.54, 1.807) is 12.0 Å². The normalized spacial score (nSPS) is 12.2. The Kier molecular flexibility index (Phi) is 6.72. The molecule has 1 aromatic rings. The van der Waals surface area contributed by atoms with Gasteiger partial charge in [-0.15, -0.1) is 10.2 Å². The lowest BCUT2D eigenvalue weighted by Crippen LogP contribution is -2.40. The molecule has 1 N–H and O–H groups in total. The number of methoxy groups -OCH3 is 1. The van der Waals surface area contributed by atoms with E-state index in [2.05, 4.69) is 22.4 Å². The van der Waals surface area contributed by atoms with Gasteiger partial charge in [0.1, 0.15) is 0 Å². The monoisotopic (exact) mass is 286 g/mol. The number of aromatic nitrogens is 2. The lowest BCUT2D eigenvalue weighted by atomic mass is 10.2. The molecule has 0 aliphatic carbocycles. The highest BCUT2D eigenvalue weighted by Crippen LogP contribution is 2.18. The number of nitrogens with one attached hydrogen (secondary N) is 1. The van der Waals surface area contributed by atoms with Gasteiger partial charge >= 0.3 is 0 Å². The fourth-order valence-corrected chi connectivity index (χ4v) is 2.35. The molecule has 1 rings (SSSR count). The van der Waals surface area contributed by atoms with Gasteiger partial charge in [-0.1, -0.05) is 18.3 Å². The third kappa shape index (κ3) is 4.43. The molecule has 1 heterocycles. The molecule has 1 amide bonds. The number of ether oxygens (including phenoxy) is 1. The quantitative estimate of drug-likeness (QED) is 0.790. The van der Waals surface area contributed by atoms with Crippen LogP contribution in [0.1, 0.15) is 37.0 Å². The number of rotatable bonds is 8. The maximum absolute atomic E-state index is 12.4. The van der Waals surface area contributed by atoms with Crippen LogP contribution in [0.5, 0.6) is 0 Å². The van der Waals surface area contributed by atoms with Crippen molar-refractivity contribution < 1.29 is 9.53 Å². The Morgan fingerprint density at radius 1 is 1.47 bits per heavy atom. The van der Waals surface area contributed by atoms with Crippen LogP contribution in [-0.4, -0.2) is 53.9 Å². The zero-order chi connectivity index (χ0) is 14.3. The lowest BCUT2D eigenvalue weighted by Gasteiger charge is -2.27. The summed E-state index contributed by atoms with van der Waals surface area (Å²) in [4.78, 5) is 14.2. The molecule has 0 aliphatic heterocycles. The van der Waals surface area contributed by atoms with Crippen LogP contribution in [0, 0.1) is 0 Å². The van der Waals surface area contributed by atoms with Crippen LogP contribution in [0.15, 0.2) is 0 Å². The van der Waals surface area contributed by atoms with Crippen molar-refractivity contribution in [2.75, 3.05) is 32.1 Å². The van der Waals surface area contributed by atoms with Gasteiger partial charge in [0.25, 0.3) is 5.91 Å². The molecule has 0 spiro atoms. The molecule has 0 saturated carbocycles. The number of hydrogen-bond donors (Lipinski definition) is 1. The zero-order valence-corrected chi connectivity index (χ0v) is 12.8. The van der Waals surface area contributed by atoms with E-state index in [0.29, 0.717) is 23.3 Å². The van der Waals surface area contributed by atoms with Gasteiger partial charge in [-0.2, -0.15) is 0 Å². The number of carbonyl (C=O) groups excluding carboxylic acids is 1. The summed E-state index contributed by atoms with van der Waals surface area (Å²) >= 11 is 1.29. The van der Waals surface area contributed by atoms with Crippen molar-refractivity contribution in [1.82, 2.24) is 15.1 Å². The average molecular weight is 286 g/mol. The molecule has 0 aromatic carbocycles. The molecule has 0 radical (unpaired) electrons. The first kappa shape index (κ1) is 15.8. The molecular weight excluding hydrogens is 264 g/mol. The standard InChI is InChI=1S/C12H22N4O2S/c1-5-9(3)16(7-8-18-4)11(17)10-14-15-12(19-10)13-6-2/h9H,5-8H2,1-4H3,(H,13,15). The maximum atomic E-state index is 12.4. The summed E-state index contributed by atoms with van der Waals surface area (Å²) in [5.41, 5.74) is 0. The van der Waals surface area contributed by atoms with Crippen LogP contribution < -0.4 is 5.32 Å². The van der Waals surface area contributed by atoms with Gasteiger partial charge in [-0.3, -0.25) is 4.79 Å². The van der Waals surface area contributed by atoms with Gasteiger partial charge in [-0.25, -0.2) is 0 Å². The highest BCUT2D eigenvalue weighted by molar-refractivity contribution is 7.17. The van der Waals surface area contributed by atoms with Crippen LogP contribution in [-0.2, 0) is 4.74 Å². The summed E-state index contributed by atoms with van der Waals surface area (Å²) < 4.78 is 5.06. The largest absolute Gasteiger partial charge is 0.383 e. The number of carbonyl (C=O) groups is 1. The van der Waals surface area contributed by atoms with Crippen LogP contribution in [0.4, 0.5) is 5.13 Å². The van der Waals surface area contributed by atoms with Crippen molar-refractivity contribution in [2.24, 2.45) is 0 Å². The van der Waals surface area contributed by atoms with Crippen molar-refractivity contribution >= 4 is 22.4 Å². The molecule has 0 bridgehead atoms. The van der Waals surface area contributed by atoms with Crippen molar-refractivity contribution in [3.8, 4) is 0 Å². The second-order valence-corrected chi connectivity index (χ2v) is 5.17. The Balaban J connectivity index is 2.78. The highest BCUT2D eigenvalue weighted by atomic mass is 32.1. The Morgan fingerprint density at radius 2 is 2.21 bits per heavy atom. The van der Waals surface area contributed by atoms with E-state index < -0.39 is 0 Å². The van der Waals surface area contributed by atoms with E-state index in [1.807, 2.05) is 13.8 Å². The minimum atomic E-state index is -0.0759. The second kappa shape index (κ2) is 8.06. The molecule has 0 fully saturated rings. The Bertz CT molecular complexity index is 397. The second-order valence-electron chi connectivity index (χ2n) is 4.19. The molecule has 1 atom stereocenters. The first-order valence-electron chi connectivity index (χ1n) is 6.51. The Morgan fingerprint density at radius 3 is 2.79 bits per heavy atom. The summed E-state index contributed by atoms with van der Waals surface area (Å²) in [6.45, 7) is 7.92. The summed E-state index contributed by atoms with van der Waals surface area (Å²) in [7, 11) is 1.63.